The van der Waals surface area contributed by atoms with Crippen molar-refractivity contribution in [2.45, 2.75) is 12.0 Å². The van der Waals surface area contributed by atoms with E-state index in [4.69, 9.17) is 5.73 Å². The molecule has 1 saturated carbocycles. The lowest BCUT2D eigenvalue weighted by molar-refractivity contribution is 0.0772. The van der Waals surface area contributed by atoms with Gasteiger partial charge in [-0.1, -0.05) is 6.07 Å². The van der Waals surface area contributed by atoms with E-state index >= 15 is 0 Å². The number of hydrogen-bond donors (Lipinski definition) is 1. The molecule has 1 aliphatic carbocycles. The van der Waals surface area contributed by atoms with E-state index < -0.39 is 0 Å². The highest BCUT2D eigenvalue weighted by atomic mass is 19.1. The summed E-state index contributed by atoms with van der Waals surface area (Å²) >= 11 is 0. The Morgan fingerprint density at radius 1 is 1.56 bits per heavy atom. The van der Waals surface area contributed by atoms with Gasteiger partial charge in [0.05, 0.1) is 0 Å². The van der Waals surface area contributed by atoms with E-state index in [-0.39, 0.29) is 17.3 Å². The molecule has 1 aromatic rings. The monoisotopic (exact) mass is 220 g/mol. The van der Waals surface area contributed by atoms with Crippen LogP contribution in [0.15, 0.2) is 24.3 Å². The van der Waals surface area contributed by atoms with Crippen LogP contribution < -0.4 is 5.73 Å². The van der Waals surface area contributed by atoms with Crippen molar-refractivity contribution in [3.8, 4) is 0 Å². The van der Waals surface area contributed by atoms with E-state index in [0.29, 0.717) is 24.6 Å². The highest BCUT2D eigenvalue weighted by Crippen LogP contribution is 2.47. The minimum Gasteiger partial charge on any atom is -0.336 e. The third kappa shape index (κ3) is 1.41. The second-order valence-corrected chi connectivity index (χ2v) is 4.83. The van der Waals surface area contributed by atoms with Crippen LogP contribution >= 0.6 is 0 Å². The van der Waals surface area contributed by atoms with Crippen LogP contribution in [0, 0.1) is 11.7 Å². The molecular weight excluding hydrogens is 207 g/mol. The normalized spacial score (nSPS) is 31.4. The molecule has 2 fully saturated rings. The first-order valence-corrected chi connectivity index (χ1v) is 5.42. The van der Waals surface area contributed by atoms with Gasteiger partial charge in [0.1, 0.15) is 5.82 Å². The number of carbonyl (C=O) groups is 1. The molecule has 3 rings (SSSR count). The number of benzene rings is 1. The van der Waals surface area contributed by atoms with Gasteiger partial charge >= 0.3 is 0 Å². The lowest BCUT2D eigenvalue weighted by Gasteiger charge is -2.19. The van der Waals surface area contributed by atoms with E-state index in [9.17, 15) is 9.18 Å². The van der Waals surface area contributed by atoms with Crippen molar-refractivity contribution < 1.29 is 9.18 Å². The van der Waals surface area contributed by atoms with Gasteiger partial charge in [0.25, 0.3) is 5.91 Å². The number of amides is 1. The zero-order valence-corrected chi connectivity index (χ0v) is 8.82. The molecular formula is C12H13FN2O. The molecule has 3 nitrogen and oxygen atoms in total. The van der Waals surface area contributed by atoms with Gasteiger partial charge < -0.3 is 10.6 Å². The number of fused-ring (bicyclic) bond motifs is 1. The van der Waals surface area contributed by atoms with Gasteiger partial charge in [-0.25, -0.2) is 4.39 Å². The first kappa shape index (κ1) is 9.78. The van der Waals surface area contributed by atoms with Crippen molar-refractivity contribution in [1.29, 1.82) is 0 Å². The predicted molar refractivity (Wildman–Crippen MR) is 57.3 cm³/mol. The van der Waals surface area contributed by atoms with Gasteiger partial charge in [-0.2, -0.15) is 0 Å². The van der Waals surface area contributed by atoms with Gasteiger partial charge in [0.15, 0.2) is 0 Å². The van der Waals surface area contributed by atoms with Crippen molar-refractivity contribution in [2.75, 3.05) is 13.1 Å². The molecule has 0 spiro atoms. The first-order chi connectivity index (χ1) is 7.58. The Morgan fingerprint density at radius 3 is 3.00 bits per heavy atom. The molecule has 4 heteroatoms. The smallest absolute Gasteiger partial charge is 0.254 e. The number of nitrogens with zero attached hydrogens (tertiary/aromatic N) is 1. The molecule has 1 aromatic carbocycles. The molecule has 1 aliphatic heterocycles. The zero-order valence-electron chi connectivity index (χ0n) is 8.82. The molecule has 2 atom stereocenters. The third-order valence-electron chi connectivity index (χ3n) is 3.56. The van der Waals surface area contributed by atoms with Crippen LogP contribution in [0.1, 0.15) is 16.8 Å². The first-order valence-electron chi connectivity index (χ1n) is 5.42. The number of hydrogen-bond acceptors (Lipinski definition) is 2. The van der Waals surface area contributed by atoms with Crippen LogP contribution in [0.2, 0.25) is 0 Å². The van der Waals surface area contributed by atoms with Gasteiger partial charge in [-0.15, -0.1) is 0 Å². The number of halogens is 1. The van der Waals surface area contributed by atoms with Crippen molar-refractivity contribution >= 4 is 5.91 Å². The maximum absolute atomic E-state index is 13.0. The molecule has 1 saturated heterocycles. The average molecular weight is 220 g/mol. The summed E-state index contributed by atoms with van der Waals surface area (Å²) in [6.07, 6.45) is 1.01. The summed E-state index contributed by atoms with van der Waals surface area (Å²) in [5, 5.41) is 0. The van der Waals surface area contributed by atoms with Crippen molar-refractivity contribution in [3.63, 3.8) is 0 Å². The minimum absolute atomic E-state index is 0.114. The molecule has 2 aliphatic rings. The highest BCUT2D eigenvalue weighted by Gasteiger charge is 2.58. The molecule has 0 bridgehead atoms. The van der Waals surface area contributed by atoms with Crippen molar-refractivity contribution in [1.82, 2.24) is 4.90 Å². The molecule has 0 radical (unpaired) electrons. The molecule has 1 amide bonds. The standard InChI is InChI=1S/C12H13FN2O/c13-10-3-1-2-8(4-10)11(16)15-6-9-5-12(9,14)7-15/h1-4,9H,5-7,14H2/t9-,12-/m1/s1. The molecule has 2 N–H and O–H groups in total. The highest BCUT2D eigenvalue weighted by molar-refractivity contribution is 5.94. The fraction of sp³-hybridized carbons (Fsp3) is 0.417. The quantitative estimate of drug-likeness (QED) is 0.767. The Labute approximate surface area is 93.0 Å². The summed E-state index contributed by atoms with van der Waals surface area (Å²) in [6.45, 7) is 1.32. The van der Waals surface area contributed by atoms with Gasteiger partial charge in [-0.3, -0.25) is 4.79 Å². The molecule has 0 aromatic heterocycles. The number of carbonyl (C=O) groups excluding carboxylic acids is 1. The van der Waals surface area contributed by atoms with Crippen molar-refractivity contribution in [2.24, 2.45) is 11.7 Å². The second-order valence-electron chi connectivity index (χ2n) is 4.83. The van der Waals surface area contributed by atoms with Gasteiger partial charge in [0, 0.05) is 24.2 Å². The summed E-state index contributed by atoms with van der Waals surface area (Å²) < 4.78 is 13.0. The van der Waals surface area contributed by atoms with Gasteiger partial charge in [0.2, 0.25) is 0 Å². The van der Waals surface area contributed by atoms with E-state index in [1.165, 1.54) is 12.1 Å². The van der Waals surface area contributed by atoms with E-state index in [0.717, 1.165) is 6.42 Å². The Hall–Kier alpha value is -1.42. The third-order valence-corrected chi connectivity index (χ3v) is 3.56. The Kier molecular flexibility index (Phi) is 1.86. The Bertz CT molecular complexity index is 462. The SMILES string of the molecule is N[C@@]12C[C@@H]1CN(C(=O)c1cccc(F)c1)C2. The van der Waals surface area contributed by atoms with Crippen LogP contribution in [-0.4, -0.2) is 29.4 Å². The summed E-state index contributed by atoms with van der Waals surface area (Å²) in [6, 6.07) is 5.80. The Balaban J connectivity index is 1.79. The zero-order chi connectivity index (χ0) is 11.3. The van der Waals surface area contributed by atoms with Crippen LogP contribution in [0.3, 0.4) is 0 Å². The maximum Gasteiger partial charge on any atom is 0.254 e. The van der Waals surface area contributed by atoms with Gasteiger partial charge in [-0.05, 0) is 30.5 Å². The summed E-state index contributed by atoms with van der Waals surface area (Å²) in [4.78, 5) is 13.7. The minimum atomic E-state index is -0.377. The average Bonchev–Trinajstić information content (AvgIpc) is 2.76. The van der Waals surface area contributed by atoms with E-state index in [1.54, 1.807) is 17.0 Å². The number of likely N-dealkylation sites (tertiary alicyclic amines) is 1. The second kappa shape index (κ2) is 3.04. The summed E-state index contributed by atoms with van der Waals surface area (Å²) in [5.74, 6) is -0.0424. The summed E-state index contributed by atoms with van der Waals surface area (Å²) in [7, 11) is 0. The van der Waals surface area contributed by atoms with E-state index in [1.807, 2.05) is 0 Å². The van der Waals surface area contributed by atoms with Crippen LogP contribution in [0.25, 0.3) is 0 Å². The number of nitrogens with two attached hydrogens (primary N) is 1. The van der Waals surface area contributed by atoms with Crippen LogP contribution in [0.5, 0.6) is 0 Å². The van der Waals surface area contributed by atoms with Crippen LogP contribution in [-0.2, 0) is 0 Å². The molecule has 1 heterocycles. The lowest BCUT2D eigenvalue weighted by atomic mass is 10.2. The van der Waals surface area contributed by atoms with Crippen LogP contribution in [0.4, 0.5) is 4.39 Å². The topological polar surface area (TPSA) is 46.3 Å². The largest absolute Gasteiger partial charge is 0.336 e. The molecule has 84 valence electrons. The summed E-state index contributed by atoms with van der Waals surface area (Å²) in [5.41, 5.74) is 6.28. The molecule has 0 unspecified atom stereocenters. The maximum atomic E-state index is 13.0. The predicted octanol–water partition coefficient (Wildman–Crippen LogP) is 0.999. The molecule has 16 heavy (non-hydrogen) atoms. The number of rotatable bonds is 1. The fourth-order valence-electron chi connectivity index (χ4n) is 2.48. The fourth-order valence-corrected chi connectivity index (χ4v) is 2.48. The number of piperidine rings is 1. The lowest BCUT2D eigenvalue weighted by Crippen LogP contribution is -2.37. The Morgan fingerprint density at radius 2 is 2.38 bits per heavy atom. The van der Waals surface area contributed by atoms with E-state index in [2.05, 4.69) is 0 Å². The van der Waals surface area contributed by atoms with Crippen molar-refractivity contribution in [3.05, 3.63) is 35.6 Å².